The van der Waals surface area contributed by atoms with Crippen LogP contribution in [0.1, 0.15) is 71.6 Å². The topological polar surface area (TPSA) is 23.5 Å². The van der Waals surface area contributed by atoms with Gasteiger partial charge in [-0.15, -0.1) is 0 Å². The Bertz CT molecular complexity index is 195. The van der Waals surface area contributed by atoms with Gasteiger partial charge in [0, 0.05) is 6.54 Å². The summed E-state index contributed by atoms with van der Waals surface area (Å²) < 4.78 is 0. The van der Waals surface area contributed by atoms with Crippen LogP contribution in [0.25, 0.3) is 0 Å². The van der Waals surface area contributed by atoms with E-state index in [1.807, 2.05) is 0 Å². The van der Waals surface area contributed by atoms with E-state index in [-0.39, 0.29) is 5.60 Å². The van der Waals surface area contributed by atoms with Crippen LogP contribution in [0.3, 0.4) is 0 Å². The minimum atomic E-state index is -0.351. The van der Waals surface area contributed by atoms with Crippen molar-refractivity contribution in [1.29, 1.82) is 0 Å². The Hall–Kier alpha value is -0.0800. The summed E-state index contributed by atoms with van der Waals surface area (Å²) in [7, 11) is 0. The molecule has 1 aliphatic heterocycles. The highest BCUT2D eigenvalue weighted by molar-refractivity contribution is 4.83. The SMILES string of the molecule is CCCCCCCC1(O)CCCN(CC)CC1. The molecule has 1 N–H and O–H groups in total. The van der Waals surface area contributed by atoms with E-state index in [2.05, 4.69) is 18.7 Å². The molecule has 0 bridgehead atoms. The van der Waals surface area contributed by atoms with Crippen LogP contribution in [-0.2, 0) is 0 Å². The Labute approximate surface area is 107 Å². The molecule has 2 nitrogen and oxygen atoms in total. The van der Waals surface area contributed by atoms with Crippen LogP contribution in [0, 0.1) is 0 Å². The standard InChI is InChI=1S/C15H31NO/c1-3-5-6-7-8-10-15(17)11-9-13-16(4-2)14-12-15/h17H,3-14H2,1-2H3. The summed E-state index contributed by atoms with van der Waals surface area (Å²) >= 11 is 0. The average Bonchev–Trinajstić information content (AvgIpc) is 2.51. The van der Waals surface area contributed by atoms with E-state index >= 15 is 0 Å². The highest BCUT2D eigenvalue weighted by atomic mass is 16.3. The Kier molecular flexibility index (Phi) is 7.14. The van der Waals surface area contributed by atoms with Crippen molar-refractivity contribution in [3.63, 3.8) is 0 Å². The van der Waals surface area contributed by atoms with Gasteiger partial charge in [0.15, 0.2) is 0 Å². The molecule has 0 spiro atoms. The molecule has 102 valence electrons. The molecule has 1 saturated heterocycles. The number of aliphatic hydroxyl groups is 1. The van der Waals surface area contributed by atoms with E-state index in [0.717, 1.165) is 32.4 Å². The molecule has 0 aromatic heterocycles. The van der Waals surface area contributed by atoms with Gasteiger partial charge in [-0.05, 0) is 38.8 Å². The number of unbranched alkanes of at least 4 members (excludes halogenated alkanes) is 4. The molecule has 1 rings (SSSR count). The molecule has 0 saturated carbocycles. The molecule has 17 heavy (non-hydrogen) atoms. The Balaban J connectivity index is 2.20. The zero-order valence-corrected chi connectivity index (χ0v) is 11.9. The molecule has 1 unspecified atom stereocenters. The summed E-state index contributed by atoms with van der Waals surface area (Å²) in [6.07, 6.45) is 10.7. The molecule has 0 radical (unpaired) electrons. The van der Waals surface area contributed by atoms with E-state index < -0.39 is 0 Å². The molecular formula is C15H31NO. The number of hydrogen-bond donors (Lipinski definition) is 1. The summed E-state index contributed by atoms with van der Waals surface area (Å²) in [6.45, 7) is 7.86. The Morgan fingerprint density at radius 1 is 1.00 bits per heavy atom. The fourth-order valence-corrected chi connectivity index (χ4v) is 2.86. The van der Waals surface area contributed by atoms with Crippen molar-refractivity contribution in [3.05, 3.63) is 0 Å². The van der Waals surface area contributed by atoms with Crippen molar-refractivity contribution in [2.24, 2.45) is 0 Å². The van der Waals surface area contributed by atoms with Crippen molar-refractivity contribution in [3.8, 4) is 0 Å². The van der Waals surface area contributed by atoms with Gasteiger partial charge in [-0.3, -0.25) is 0 Å². The zero-order valence-electron chi connectivity index (χ0n) is 11.9. The fourth-order valence-electron chi connectivity index (χ4n) is 2.86. The molecule has 1 heterocycles. The Morgan fingerprint density at radius 2 is 1.76 bits per heavy atom. The van der Waals surface area contributed by atoms with Crippen molar-refractivity contribution < 1.29 is 5.11 Å². The van der Waals surface area contributed by atoms with Crippen LogP contribution >= 0.6 is 0 Å². The molecule has 0 aliphatic carbocycles. The number of likely N-dealkylation sites (tertiary alicyclic amines) is 1. The smallest absolute Gasteiger partial charge is 0.0660 e. The second kappa shape index (κ2) is 8.10. The molecule has 1 fully saturated rings. The van der Waals surface area contributed by atoms with Gasteiger partial charge in [-0.1, -0.05) is 46.0 Å². The van der Waals surface area contributed by atoms with E-state index in [9.17, 15) is 5.11 Å². The highest BCUT2D eigenvalue weighted by Crippen LogP contribution is 2.28. The highest BCUT2D eigenvalue weighted by Gasteiger charge is 2.28. The summed E-state index contributed by atoms with van der Waals surface area (Å²) in [4.78, 5) is 2.47. The molecule has 0 aromatic carbocycles. The lowest BCUT2D eigenvalue weighted by Gasteiger charge is -2.26. The minimum Gasteiger partial charge on any atom is -0.390 e. The first kappa shape index (κ1) is 15.0. The van der Waals surface area contributed by atoms with Crippen molar-refractivity contribution >= 4 is 0 Å². The molecule has 1 atom stereocenters. The van der Waals surface area contributed by atoms with E-state index in [4.69, 9.17) is 0 Å². The number of rotatable bonds is 7. The second-order valence-corrected chi connectivity index (χ2v) is 5.68. The van der Waals surface area contributed by atoms with Crippen molar-refractivity contribution in [2.75, 3.05) is 19.6 Å². The van der Waals surface area contributed by atoms with Crippen LogP contribution < -0.4 is 0 Å². The number of hydrogen-bond acceptors (Lipinski definition) is 2. The average molecular weight is 241 g/mol. The molecule has 0 amide bonds. The fraction of sp³-hybridized carbons (Fsp3) is 1.00. The van der Waals surface area contributed by atoms with Crippen LogP contribution in [0.2, 0.25) is 0 Å². The first-order valence-corrected chi connectivity index (χ1v) is 7.65. The summed E-state index contributed by atoms with van der Waals surface area (Å²) in [6, 6.07) is 0. The summed E-state index contributed by atoms with van der Waals surface area (Å²) in [5.74, 6) is 0. The number of nitrogens with zero attached hydrogens (tertiary/aromatic N) is 1. The maximum absolute atomic E-state index is 10.6. The van der Waals surface area contributed by atoms with E-state index in [1.165, 1.54) is 45.1 Å². The lowest BCUT2D eigenvalue weighted by Crippen LogP contribution is -2.31. The molecule has 2 heteroatoms. The van der Waals surface area contributed by atoms with Crippen LogP contribution in [0.5, 0.6) is 0 Å². The van der Waals surface area contributed by atoms with Crippen molar-refractivity contribution in [2.45, 2.75) is 77.2 Å². The molecule has 1 aliphatic rings. The van der Waals surface area contributed by atoms with Gasteiger partial charge < -0.3 is 10.0 Å². The van der Waals surface area contributed by atoms with Gasteiger partial charge in [-0.25, -0.2) is 0 Å². The predicted octanol–water partition coefficient (Wildman–Crippen LogP) is 3.58. The maximum atomic E-state index is 10.6. The third kappa shape index (κ3) is 5.87. The predicted molar refractivity (Wildman–Crippen MR) is 74.3 cm³/mol. The second-order valence-electron chi connectivity index (χ2n) is 5.68. The molecule has 0 aromatic rings. The Morgan fingerprint density at radius 3 is 2.47 bits per heavy atom. The largest absolute Gasteiger partial charge is 0.390 e. The summed E-state index contributed by atoms with van der Waals surface area (Å²) in [5, 5.41) is 10.6. The van der Waals surface area contributed by atoms with Gasteiger partial charge in [0.2, 0.25) is 0 Å². The van der Waals surface area contributed by atoms with Crippen molar-refractivity contribution in [1.82, 2.24) is 4.90 Å². The van der Waals surface area contributed by atoms with Crippen LogP contribution in [0.15, 0.2) is 0 Å². The molecular weight excluding hydrogens is 210 g/mol. The lowest BCUT2D eigenvalue weighted by atomic mass is 9.89. The van der Waals surface area contributed by atoms with Gasteiger partial charge in [0.25, 0.3) is 0 Å². The monoisotopic (exact) mass is 241 g/mol. The van der Waals surface area contributed by atoms with Gasteiger partial charge in [-0.2, -0.15) is 0 Å². The van der Waals surface area contributed by atoms with Gasteiger partial charge in [0.05, 0.1) is 5.60 Å². The van der Waals surface area contributed by atoms with E-state index in [1.54, 1.807) is 0 Å². The van der Waals surface area contributed by atoms with E-state index in [0.29, 0.717) is 0 Å². The third-order valence-electron chi connectivity index (χ3n) is 4.20. The first-order valence-electron chi connectivity index (χ1n) is 7.65. The lowest BCUT2D eigenvalue weighted by molar-refractivity contribution is 0.0146. The minimum absolute atomic E-state index is 0.351. The van der Waals surface area contributed by atoms with Crippen LogP contribution in [-0.4, -0.2) is 35.2 Å². The first-order chi connectivity index (χ1) is 8.20. The van der Waals surface area contributed by atoms with Gasteiger partial charge >= 0.3 is 0 Å². The van der Waals surface area contributed by atoms with Crippen LogP contribution in [0.4, 0.5) is 0 Å². The maximum Gasteiger partial charge on any atom is 0.0660 e. The third-order valence-corrected chi connectivity index (χ3v) is 4.20. The van der Waals surface area contributed by atoms with Gasteiger partial charge in [0.1, 0.15) is 0 Å². The zero-order chi connectivity index (χ0) is 12.6. The quantitative estimate of drug-likeness (QED) is 0.689. The normalized spacial score (nSPS) is 27.0. The summed E-state index contributed by atoms with van der Waals surface area (Å²) in [5.41, 5.74) is -0.351.